The fourth-order valence-corrected chi connectivity index (χ4v) is 3.47. The number of oxazole rings is 1. The fraction of sp³-hybridized carbons (Fsp3) is 0.333. The Morgan fingerprint density at radius 1 is 1.26 bits per heavy atom. The lowest BCUT2D eigenvalue weighted by molar-refractivity contribution is -0.0515. The van der Waals surface area contributed by atoms with Crippen LogP contribution in [-0.4, -0.2) is 24.1 Å². The van der Waals surface area contributed by atoms with E-state index in [1.807, 2.05) is 6.07 Å². The molecule has 2 aromatic carbocycles. The minimum Gasteiger partial charge on any atom is -0.489 e. The van der Waals surface area contributed by atoms with Crippen molar-refractivity contribution < 1.29 is 27.5 Å². The molecule has 188 valence electrons. The van der Waals surface area contributed by atoms with Gasteiger partial charge in [-0.05, 0) is 55.5 Å². The first kappa shape index (κ1) is 26.7. The molecule has 1 amide bonds. The summed E-state index contributed by atoms with van der Waals surface area (Å²) in [5.41, 5.74) is 7.22. The highest BCUT2D eigenvalue weighted by atomic mass is 35.5. The quantitative estimate of drug-likeness (QED) is 0.347. The number of rotatable bonds is 10. The molecule has 4 rings (SSSR count). The fourth-order valence-electron chi connectivity index (χ4n) is 3.27. The topological polar surface area (TPSA) is 99.6 Å². The monoisotopic (exact) mass is 527 g/mol. The maximum atomic E-state index is 12.9. The summed E-state index contributed by atoms with van der Waals surface area (Å²) < 4.78 is 41.7. The van der Waals surface area contributed by atoms with Crippen molar-refractivity contribution in [3.8, 4) is 23.0 Å². The van der Waals surface area contributed by atoms with Gasteiger partial charge in [0.1, 0.15) is 0 Å². The van der Waals surface area contributed by atoms with Crippen LogP contribution >= 0.6 is 24.0 Å². The Balaban J connectivity index is 0.00000342. The normalized spacial score (nSPS) is 13.8. The van der Waals surface area contributed by atoms with Gasteiger partial charge in [-0.2, -0.15) is 8.78 Å². The number of carbonyl (C=O) groups excluding carboxylic acids is 1. The highest BCUT2D eigenvalue weighted by molar-refractivity contribution is 6.31. The third kappa shape index (κ3) is 6.84. The summed E-state index contributed by atoms with van der Waals surface area (Å²) in [6.45, 7) is -0.736. The lowest BCUT2D eigenvalue weighted by Gasteiger charge is -2.12. The van der Waals surface area contributed by atoms with Gasteiger partial charge >= 0.3 is 6.61 Å². The van der Waals surface area contributed by atoms with Crippen molar-refractivity contribution in [3.05, 3.63) is 64.5 Å². The van der Waals surface area contributed by atoms with Crippen LogP contribution in [0.2, 0.25) is 5.02 Å². The van der Waals surface area contributed by atoms with E-state index in [0.29, 0.717) is 23.1 Å². The molecular formula is C24H25Cl2F2N3O4. The Kier molecular flexibility index (Phi) is 8.93. The number of carbonyl (C=O) groups is 1. The van der Waals surface area contributed by atoms with Crippen molar-refractivity contribution >= 4 is 29.9 Å². The van der Waals surface area contributed by atoms with Crippen molar-refractivity contribution in [2.24, 2.45) is 11.7 Å². The second kappa shape index (κ2) is 11.7. The lowest BCUT2D eigenvalue weighted by atomic mass is 10.2. The summed E-state index contributed by atoms with van der Waals surface area (Å²) in [5.74, 6) is 0.286. The number of hydrogen-bond acceptors (Lipinski definition) is 6. The largest absolute Gasteiger partial charge is 0.489 e. The van der Waals surface area contributed by atoms with Crippen LogP contribution in [-0.2, 0) is 6.54 Å². The third-order valence-corrected chi connectivity index (χ3v) is 5.63. The number of halogens is 4. The summed E-state index contributed by atoms with van der Waals surface area (Å²) >= 11 is 6.15. The van der Waals surface area contributed by atoms with Crippen LogP contribution in [0.1, 0.15) is 47.6 Å². The van der Waals surface area contributed by atoms with Gasteiger partial charge < -0.3 is 24.9 Å². The van der Waals surface area contributed by atoms with Crippen LogP contribution in [0.25, 0.3) is 11.5 Å². The molecule has 3 aromatic rings. The molecule has 11 heteroatoms. The zero-order valence-electron chi connectivity index (χ0n) is 18.8. The van der Waals surface area contributed by atoms with E-state index in [2.05, 4.69) is 15.0 Å². The minimum atomic E-state index is -2.99. The Hall–Kier alpha value is -2.88. The van der Waals surface area contributed by atoms with Crippen LogP contribution in [0.4, 0.5) is 8.78 Å². The highest BCUT2D eigenvalue weighted by Crippen LogP contribution is 2.37. The molecule has 1 aliphatic carbocycles. The molecule has 1 heterocycles. The van der Waals surface area contributed by atoms with Crippen molar-refractivity contribution in [1.82, 2.24) is 10.3 Å². The van der Waals surface area contributed by atoms with Crippen LogP contribution in [0.15, 0.2) is 46.9 Å². The summed E-state index contributed by atoms with van der Waals surface area (Å²) in [6.07, 6.45) is 2.07. The molecule has 3 N–H and O–H groups in total. The van der Waals surface area contributed by atoms with E-state index in [0.717, 1.165) is 18.4 Å². The summed E-state index contributed by atoms with van der Waals surface area (Å²) in [7, 11) is 0. The Morgan fingerprint density at radius 2 is 2.00 bits per heavy atom. The van der Waals surface area contributed by atoms with E-state index in [1.54, 1.807) is 25.1 Å². The molecule has 1 unspecified atom stereocenters. The maximum Gasteiger partial charge on any atom is 0.387 e. The number of hydrogen-bond donors (Lipinski definition) is 2. The molecule has 1 fully saturated rings. The zero-order chi connectivity index (χ0) is 24.2. The molecule has 7 nitrogen and oxygen atoms in total. The predicted octanol–water partition coefficient (Wildman–Crippen LogP) is 5.76. The number of nitrogens with two attached hydrogens (primary N) is 1. The number of ether oxygens (including phenoxy) is 2. The van der Waals surface area contributed by atoms with Crippen molar-refractivity contribution in [1.29, 1.82) is 0 Å². The smallest absolute Gasteiger partial charge is 0.387 e. The van der Waals surface area contributed by atoms with Gasteiger partial charge in [-0.25, -0.2) is 4.98 Å². The molecule has 0 aliphatic heterocycles. The number of nitrogens with zero attached hydrogens (tertiary/aromatic N) is 1. The summed E-state index contributed by atoms with van der Waals surface area (Å²) in [4.78, 5) is 17.2. The summed E-state index contributed by atoms with van der Waals surface area (Å²) in [5, 5.41) is 3.30. The molecule has 1 atom stereocenters. The van der Waals surface area contributed by atoms with Crippen LogP contribution in [0.5, 0.6) is 11.5 Å². The van der Waals surface area contributed by atoms with E-state index in [1.165, 1.54) is 18.2 Å². The Labute approximate surface area is 212 Å². The number of amides is 1. The molecule has 0 saturated heterocycles. The zero-order valence-corrected chi connectivity index (χ0v) is 20.4. The molecule has 1 saturated carbocycles. The third-order valence-electron chi connectivity index (χ3n) is 5.26. The predicted molar refractivity (Wildman–Crippen MR) is 129 cm³/mol. The van der Waals surface area contributed by atoms with Gasteiger partial charge in [0.2, 0.25) is 5.89 Å². The standard InChI is InChI=1S/C24H24ClF2N3O4.ClH/c1-13(28)21-20(22(31)29-11-16-4-2-3-5-17(16)25)30-23(34-21)15-8-9-18(33-24(26)27)19(10-15)32-12-14-6-7-14;/h2-5,8-10,13-14,24H,6-7,11-12,28H2,1H3,(H,29,31);1H. The van der Waals surface area contributed by atoms with Crippen molar-refractivity contribution in [2.45, 2.75) is 39.0 Å². The molecule has 1 aromatic heterocycles. The summed E-state index contributed by atoms with van der Waals surface area (Å²) in [6, 6.07) is 10.9. The maximum absolute atomic E-state index is 12.9. The molecular weight excluding hydrogens is 503 g/mol. The highest BCUT2D eigenvalue weighted by Gasteiger charge is 2.26. The van der Waals surface area contributed by atoms with Gasteiger partial charge in [0.25, 0.3) is 5.91 Å². The first-order valence-corrected chi connectivity index (χ1v) is 11.2. The molecule has 0 spiro atoms. The SMILES string of the molecule is CC(N)c1oc(-c2ccc(OC(F)F)c(OCC3CC3)c2)nc1C(=O)NCc1ccccc1Cl.Cl. The molecule has 1 aliphatic rings. The van der Waals surface area contributed by atoms with E-state index in [9.17, 15) is 13.6 Å². The van der Waals surface area contributed by atoms with Crippen molar-refractivity contribution in [2.75, 3.05) is 6.61 Å². The minimum absolute atomic E-state index is 0. The van der Waals surface area contributed by atoms with Gasteiger partial charge in [-0.1, -0.05) is 29.8 Å². The van der Waals surface area contributed by atoms with Crippen LogP contribution < -0.4 is 20.5 Å². The van der Waals surface area contributed by atoms with Gasteiger partial charge in [0, 0.05) is 17.1 Å². The second-order valence-electron chi connectivity index (χ2n) is 8.09. The molecule has 35 heavy (non-hydrogen) atoms. The number of nitrogens with one attached hydrogen (secondary N) is 1. The van der Waals surface area contributed by atoms with Gasteiger partial charge in [0.15, 0.2) is 23.0 Å². The second-order valence-corrected chi connectivity index (χ2v) is 8.50. The number of alkyl halides is 2. The first-order valence-electron chi connectivity index (χ1n) is 10.8. The van der Waals surface area contributed by atoms with Gasteiger partial charge in [-0.3, -0.25) is 4.79 Å². The van der Waals surface area contributed by atoms with Gasteiger partial charge in [-0.15, -0.1) is 12.4 Å². The molecule has 0 radical (unpaired) electrons. The van der Waals surface area contributed by atoms with E-state index < -0.39 is 18.6 Å². The number of aromatic nitrogens is 1. The Morgan fingerprint density at radius 3 is 2.66 bits per heavy atom. The Bertz CT molecular complexity index is 1170. The average Bonchev–Trinajstić information content (AvgIpc) is 3.52. The lowest BCUT2D eigenvalue weighted by Crippen LogP contribution is -2.25. The average molecular weight is 528 g/mol. The van der Waals surface area contributed by atoms with E-state index in [4.69, 9.17) is 26.5 Å². The van der Waals surface area contributed by atoms with Gasteiger partial charge in [0.05, 0.1) is 12.6 Å². The van der Waals surface area contributed by atoms with Crippen LogP contribution in [0.3, 0.4) is 0 Å². The van der Waals surface area contributed by atoms with E-state index >= 15 is 0 Å². The number of benzene rings is 2. The van der Waals surface area contributed by atoms with Crippen molar-refractivity contribution in [3.63, 3.8) is 0 Å². The van der Waals surface area contributed by atoms with E-state index in [-0.39, 0.29) is 47.8 Å². The van der Waals surface area contributed by atoms with Crippen LogP contribution in [0, 0.1) is 5.92 Å². The first-order chi connectivity index (χ1) is 16.3. The molecule has 0 bridgehead atoms.